The van der Waals surface area contributed by atoms with E-state index < -0.39 is 0 Å². The molecule has 0 fully saturated rings. The Kier molecular flexibility index (Phi) is 16.7. The van der Waals surface area contributed by atoms with E-state index in [-0.39, 0.29) is 7.33 Å². The lowest BCUT2D eigenvalue weighted by molar-refractivity contribution is -0.121. The molecule has 0 aliphatic heterocycles. The van der Waals surface area contributed by atoms with Gasteiger partial charge in [-0.1, -0.05) is 27.7 Å². The smallest absolute Gasteiger partial charge is 0.220 e. The van der Waals surface area contributed by atoms with Crippen LogP contribution in [0.5, 0.6) is 0 Å². The minimum absolute atomic E-state index is 0. The van der Waals surface area contributed by atoms with E-state index in [1.807, 2.05) is 0 Å². The number of amides is 1. The van der Waals surface area contributed by atoms with Crippen molar-refractivity contribution in [3.63, 3.8) is 0 Å². The molecule has 0 bridgehead atoms. The van der Waals surface area contributed by atoms with Gasteiger partial charge in [-0.3, -0.25) is 4.79 Å². The van der Waals surface area contributed by atoms with Crippen LogP contribution in [0.2, 0.25) is 0 Å². The van der Waals surface area contributed by atoms with Gasteiger partial charge in [-0.05, 0) is 18.3 Å². The molecule has 0 aromatic carbocycles. The maximum absolute atomic E-state index is 11.5. The third kappa shape index (κ3) is 19.4. The van der Waals surface area contributed by atoms with Gasteiger partial charge in [0.05, 0.1) is 46.2 Å². The van der Waals surface area contributed by atoms with Gasteiger partial charge in [0.1, 0.15) is 0 Å². The van der Waals surface area contributed by atoms with Crippen LogP contribution in [0.4, 0.5) is 0 Å². The summed E-state index contributed by atoms with van der Waals surface area (Å²) < 4.78 is 21.6. The van der Waals surface area contributed by atoms with E-state index in [9.17, 15) is 4.79 Å². The third-order valence-corrected chi connectivity index (χ3v) is 3.08. The van der Waals surface area contributed by atoms with E-state index in [1.54, 1.807) is 0 Å². The van der Waals surface area contributed by atoms with Crippen molar-refractivity contribution in [2.24, 2.45) is 11.8 Å². The Bertz CT molecular complexity index is 291. The predicted molar refractivity (Wildman–Crippen MR) is 97.3 cm³/mol. The average Bonchev–Trinajstić information content (AvgIpc) is 2.52. The first-order chi connectivity index (χ1) is 11.5. The number of ether oxygens (including phenoxy) is 4. The second-order valence-electron chi connectivity index (χ2n) is 6.59. The van der Waals surface area contributed by atoms with Gasteiger partial charge in [0.2, 0.25) is 5.91 Å². The largest absolute Gasteiger partial charge is 0.379 e. The zero-order valence-electron chi connectivity index (χ0n) is 16.0. The maximum atomic E-state index is 11.5. The molecule has 0 rings (SSSR count). The predicted octanol–water partition coefficient (Wildman–Crippen LogP) is 2.51. The van der Waals surface area contributed by atoms with Crippen molar-refractivity contribution in [3.05, 3.63) is 0 Å². The Hall–Kier alpha value is -0.690. The highest BCUT2D eigenvalue weighted by atomic mass is 16.6. The summed E-state index contributed by atoms with van der Waals surface area (Å²) in [5, 5.41) is 2.84. The van der Waals surface area contributed by atoms with Gasteiger partial charge in [-0.15, -0.1) is 0 Å². The van der Waals surface area contributed by atoms with Gasteiger partial charge in [0.15, 0.2) is 0 Å². The number of hydrogen-bond donors (Lipinski definition) is 1. The summed E-state index contributed by atoms with van der Waals surface area (Å²) in [6.07, 6.45) is 1.51. The summed E-state index contributed by atoms with van der Waals surface area (Å²) in [5.74, 6) is 1.21. The van der Waals surface area contributed by atoms with E-state index in [4.69, 9.17) is 18.9 Å². The summed E-state index contributed by atoms with van der Waals surface area (Å²) in [6.45, 7) is 13.7. The quantitative estimate of drug-likeness (QED) is 0.409. The van der Waals surface area contributed by atoms with E-state index in [1.165, 1.54) is 0 Å². The van der Waals surface area contributed by atoms with Crippen molar-refractivity contribution in [1.29, 1.82) is 0 Å². The highest BCUT2D eigenvalue weighted by Crippen LogP contribution is 2.02. The lowest BCUT2D eigenvalue weighted by Crippen LogP contribution is -2.27. The molecule has 0 atom stereocenters. The fourth-order valence-corrected chi connectivity index (χ4v) is 1.75. The normalized spacial score (nSPS) is 11.4. The first-order valence-corrected chi connectivity index (χ1v) is 9.10. The van der Waals surface area contributed by atoms with Crippen LogP contribution in [-0.2, 0) is 23.7 Å². The Labute approximate surface area is 149 Å². The molecule has 6 heteroatoms. The number of nitrogens with one attached hydrogen (secondary N) is 1. The molecule has 0 heterocycles. The van der Waals surface area contributed by atoms with Crippen LogP contribution in [0.3, 0.4) is 0 Å². The van der Waals surface area contributed by atoms with Crippen molar-refractivity contribution in [1.82, 2.24) is 5.32 Å². The standard InChI is InChI=1S/C18H37NO5.H2/c1-16(2)5-6-18(20)19-7-8-21-9-10-22-11-12-23-13-14-24-15-17(3)4;/h16-17H,5-15H2,1-4H3,(H,19,20);1H. The molecule has 0 radical (unpaired) electrons. The first-order valence-electron chi connectivity index (χ1n) is 9.10. The molecule has 0 aromatic heterocycles. The highest BCUT2D eigenvalue weighted by Gasteiger charge is 2.02. The zero-order valence-corrected chi connectivity index (χ0v) is 16.0. The summed E-state index contributed by atoms with van der Waals surface area (Å²) in [7, 11) is 0. The second kappa shape index (κ2) is 17.1. The molecule has 0 aliphatic carbocycles. The average molecular weight is 350 g/mol. The van der Waals surface area contributed by atoms with Crippen LogP contribution >= 0.6 is 0 Å². The number of carbonyl (C=O) groups excluding carboxylic acids is 1. The Morgan fingerprint density at radius 1 is 0.792 bits per heavy atom. The molecule has 0 unspecified atom stereocenters. The molecule has 0 spiro atoms. The van der Waals surface area contributed by atoms with E-state index in [0.29, 0.717) is 71.0 Å². The Morgan fingerprint density at radius 3 is 1.79 bits per heavy atom. The van der Waals surface area contributed by atoms with Crippen LogP contribution in [0.1, 0.15) is 42.0 Å². The van der Waals surface area contributed by atoms with Crippen LogP contribution in [-0.4, -0.2) is 65.3 Å². The van der Waals surface area contributed by atoms with Gasteiger partial charge in [-0.25, -0.2) is 0 Å². The fraction of sp³-hybridized carbons (Fsp3) is 0.944. The number of rotatable bonds is 17. The molecule has 6 nitrogen and oxygen atoms in total. The topological polar surface area (TPSA) is 66.0 Å². The van der Waals surface area contributed by atoms with E-state index in [2.05, 4.69) is 33.0 Å². The SMILES string of the molecule is CC(C)CCC(=O)NCCOCCOCCOCCOCC(C)C.[HH]. The van der Waals surface area contributed by atoms with Crippen molar-refractivity contribution in [2.45, 2.75) is 40.5 Å². The van der Waals surface area contributed by atoms with Crippen LogP contribution in [0.25, 0.3) is 0 Å². The van der Waals surface area contributed by atoms with Crippen molar-refractivity contribution >= 4 is 5.91 Å². The van der Waals surface area contributed by atoms with Crippen molar-refractivity contribution < 1.29 is 25.2 Å². The molecule has 1 amide bonds. The summed E-state index contributed by atoms with van der Waals surface area (Å²) in [6, 6.07) is 0. The van der Waals surface area contributed by atoms with Crippen molar-refractivity contribution in [3.8, 4) is 0 Å². The van der Waals surface area contributed by atoms with Gasteiger partial charge >= 0.3 is 0 Å². The minimum atomic E-state index is 0. The third-order valence-electron chi connectivity index (χ3n) is 3.08. The highest BCUT2D eigenvalue weighted by molar-refractivity contribution is 5.75. The summed E-state index contributed by atoms with van der Waals surface area (Å²) in [5.41, 5.74) is 0. The lowest BCUT2D eigenvalue weighted by Gasteiger charge is -2.09. The molecular weight excluding hydrogens is 310 g/mol. The lowest BCUT2D eigenvalue weighted by atomic mass is 10.1. The Balaban J connectivity index is 0. The molecule has 0 aromatic rings. The van der Waals surface area contributed by atoms with Gasteiger partial charge < -0.3 is 24.3 Å². The van der Waals surface area contributed by atoms with Crippen LogP contribution < -0.4 is 5.32 Å². The summed E-state index contributed by atoms with van der Waals surface area (Å²) >= 11 is 0. The fourth-order valence-electron chi connectivity index (χ4n) is 1.75. The zero-order chi connectivity index (χ0) is 18.0. The van der Waals surface area contributed by atoms with Crippen LogP contribution in [0.15, 0.2) is 0 Å². The van der Waals surface area contributed by atoms with E-state index in [0.717, 1.165) is 13.0 Å². The van der Waals surface area contributed by atoms with Gasteiger partial charge in [-0.2, -0.15) is 0 Å². The molecular formula is C18H39NO5. The van der Waals surface area contributed by atoms with Gasteiger partial charge in [0, 0.05) is 21.0 Å². The van der Waals surface area contributed by atoms with Crippen LogP contribution in [0, 0.1) is 11.8 Å². The number of hydrogen-bond acceptors (Lipinski definition) is 5. The molecule has 0 saturated heterocycles. The molecule has 24 heavy (non-hydrogen) atoms. The van der Waals surface area contributed by atoms with E-state index >= 15 is 0 Å². The second-order valence-corrected chi connectivity index (χ2v) is 6.59. The van der Waals surface area contributed by atoms with Crippen molar-refractivity contribution in [2.75, 3.05) is 59.4 Å². The first kappa shape index (κ1) is 23.3. The monoisotopic (exact) mass is 349 g/mol. The molecule has 0 aliphatic rings. The molecule has 146 valence electrons. The Morgan fingerprint density at radius 2 is 1.29 bits per heavy atom. The minimum Gasteiger partial charge on any atom is -0.379 e. The van der Waals surface area contributed by atoms with Gasteiger partial charge in [0.25, 0.3) is 0 Å². The maximum Gasteiger partial charge on any atom is 0.220 e. The number of carbonyl (C=O) groups is 1. The summed E-state index contributed by atoms with van der Waals surface area (Å²) in [4.78, 5) is 11.5. The molecule has 0 saturated carbocycles. The molecule has 1 N–H and O–H groups in total.